The molecule has 0 saturated carbocycles. The Balaban J connectivity index is 1.34. The number of imidazole rings is 1. The van der Waals surface area contributed by atoms with Crippen molar-refractivity contribution in [1.82, 2.24) is 28.6 Å². The van der Waals surface area contributed by atoms with Gasteiger partial charge in [0.25, 0.3) is 15.9 Å². The van der Waals surface area contributed by atoms with Gasteiger partial charge >= 0.3 is 6.09 Å². The van der Waals surface area contributed by atoms with E-state index in [2.05, 4.69) is 9.97 Å². The third-order valence-corrected chi connectivity index (χ3v) is 10.1. The van der Waals surface area contributed by atoms with Crippen molar-refractivity contribution < 1.29 is 23.1 Å². The quantitative estimate of drug-likeness (QED) is 0.333. The summed E-state index contributed by atoms with van der Waals surface area (Å²) in [6.07, 6.45) is 3.95. The zero-order chi connectivity index (χ0) is 30.7. The number of hydrogen-bond acceptors (Lipinski definition) is 6. The number of hydrogen-bond donors (Lipinski definition) is 1. The van der Waals surface area contributed by atoms with Gasteiger partial charge < -0.3 is 19.5 Å². The van der Waals surface area contributed by atoms with Crippen molar-refractivity contribution in [3.63, 3.8) is 0 Å². The highest BCUT2D eigenvalue weighted by atomic mass is 32.2. The highest BCUT2D eigenvalue weighted by molar-refractivity contribution is 7.89. The molecule has 6 rings (SSSR count). The van der Waals surface area contributed by atoms with Gasteiger partial charge in [0.1, 0.15) is 0 Å². The van der Waals surface area contributed by atoms with Crippen LogP contribution in [0.5, 0.6) is 0 Å². The van der Waals surface area contributed by atoms with Crippen LogP contribution in [0.15, 0.2) is 96.4 Å². The van der Waals surface area contributed by atoms with Gasteiger partial charge in [-0.3, -0.25) is 4.79 Å². The Morgan fingerprint density at radius 3 is 2.30 bits per heavy atom. The average molecular weight is 615 g/mol. The Kier molecular flexibility index (Phi) is 8.45. The van der Waals surface area contributed by atoms with E-state index in [1.807, 2.05) is 65.2 Å². The lowest BCUT2D eigenvalue weighted by Crippen LogP contribution is -2.57. The number of carboxylic acid groups (broad SMARTS) is 1. The van der Waals surface area contributed by atoms with Crippen LogP contribution in [-0.4, -0.2) is 92.9 Å². The largest absolute Gasteiger partial charge is 0.465 e. The van der Waals surface area contributed by atoms with Crippen LogP contribution in [0.3, 0.4) is 0 Å². The Labute approximate surface area is 256 Å². The summed E-state index contributed by atoms with van der Waals surface area (Å²) in [5.74, 6) is -0.276. The molecule has 4 aromatic rings. The number of carbonyl (C=O) groups is 2. The van der Waals surface area contributed by atoms with Gasteiger partial charge in [0.2, 0.25) is 0 Å². The number of piperidine rings is 1. The van der Waals surface area contributed by atoms with Crippen LogP contribution >= 0.6 is 0 Å². The number of aromatic nitrogens is 3. The van der Waals surface area contributed by atoms with Crippen LogP contribution in [0.2, 0.25) is 0 Å². The summed E-state index contributed by atoms with van der Waals surface area (Å²) >= 11 is 0. The Morgan fingerprint density at radius 1 is 0.864 bits per heavy atom. The van der Waals surface area contributed by atoms with Gasteiger partial charge in [-0.2, -0.15) is 4.31 Å². The molecule has 44 heavy (non-hydrogen) atoms. The highest BCUT2D eigenvalue weighted by Crippen LogP contribution is 2.33. The minimum atomic E-state index is -3.80. The van der Waals surface area contributed by atoms with Gasteiger partial charge in [-0.15, -0.1) is 0 Å². The van der Waals surface area contributed by atoms with Crippen molar-refractivity contribution in [1.29, 1.82) is 0 Å². The number of nitrogens with zero attached hydrogens (tertiary/aromatic N) is 6. The van der Waals surface area contributed by atoms with Crippen molar-refractivity contribution in [2.45, 2.75) is 36.4 Å². The van der Waals surface area contributed by atoms with Crippen LogP contribution in [0, 0.1) is 0 Å². The third kappa shape index (κ3) is 5.95. The summed E-state index contributed by atoms with van der Waals surface area (Å²) < 4.78 is 30.3. The predicted octanol–water partition coefficient (Wildman–Crippen LogP) is 4.02. The molecule has 2 fully saturated rings. The molecule has 0 bridgehead atoms. The zero-order valence-electron chi connectivity index (χ0n) is 24.1. The second-order valence-electron chi connectivity index (χ2n) is 11.1. The summed E-state index contributed by atoms with van der Waals surface area (Å²) in [5, 5.41) is 9.72. The van der Waals surface area contributed by atoms with Gasteiger partial charge in [0, 0.05) is 50.5 Å². The second-order valence-corrected chi connectivity index (χ2v) is 13.0. The fourth-order valence-corrected chi connectivity index (χ4v) is 7.61. The Morgan fingerprint density at radius 2 is 1.59 bits per heavy atom. The first kappa shape index (κ1) is 29.5. The van der Waals surface area contributed by atoms with E-state index in [4.69, 9.17) is 0 Å². The molecule has 0 spiro atoms. The van der Waals surface area contributed by atoms with Crippen LogP contribution < -0.4 is 0 Å². The molecule has 228 valence electrons. The minimum absolute atomic E-state index is 0.00962. The van der Waals surface area contributed by atoms with E-state index in [-0.39, 0.29) is 54.9 Å². The number of benzene rings is 2. The van der Waals surface area contributed by atoms with E-state index in [1.54, 1.807) is 23.4 Å². The third-order valence-electron chi connectivity index (χ3n) is 8.37. The van der Waals surface area contributed by atoms with E-state index in [0.29, 0.717) is 31.5 Å². The molecule has 2 aliphatic heterocycles. The molecule has 2 amide bonds. The lowest BCUT2D eigenvalue weighted by atomic mass is 10.0. The molecule has 1 N–H and O–H groups in total. The van der Waals surface area contributed by atoms with Gasteiger partial charge in [-0.25, -0.2) is 23.2 Å². The van der Waals surface area contributed by atoms with E-state index >= 15 is 0 Å². The zero-order valence-corrected chi connectivity index (χ0v) is 25.0. The van der Waals surface area contributed by atoms with Crippen molar-refractivity contribution >= 4 is 22.0 Å². The normalized spacial score (nSPS) is 19.5. The van der Waals surface area contributed by atoms with Gasteiger partial charge in [0.05, 0.1) is 18.1 Å². The number of carbonyl (C=O) groups excluding carboxylic acids is 1. The SMILES string of the molecule is O=C(O)N1CCN(C(=O)c2ncn(C3CCCN(S(=O)(=O)c4ccccn4)C3)c2-c2ccccc2)[C@H](Cc2ccccc2)C1. The molecular weight excluding hydrogens is 580 g/mol. The van der Waals surface area contributed by atoms with E-state index in [9.17, 15) is 23.1 Å². The monoisotopic (exact) mass is 614 g/mol. The smallest absolute Gasteiger partial charge is 0.407 e. The average Bonchev–Trinajstić information content (AvgIpc) is 3.51. The summed E-state index contributed by atoms with van der Waals surface area (Å²) in [7, 11) is -3.80. The first-order valence-corrected chi connectivity index (χ1v) is 16.1. The number of piperazine rings is 1. The molecule has 0 radical (unpaired) electrons. The molecule has 11 nitrogen and oxygen atoms in total. The lowest BCUT2D eigenvalue weighted by Gasteiger charge is -2.40. The molecule has 2 aliphatic rings. The van der Waals surface area contributed by atoms with Crippen molar-refractivity contribution in [2.24, 2.45) is 0 Å². The second kappa shape index (κ2) is 12.6. The van der Waals surface area contributed by atoms with Gasteiger partial charge in [-0.1, -0.05) is 66.7 Å². The molecule has 2 saturated heterocycles. The van der Waals surface area contributed by atoms with Crippen LogP contribution in [0.4, 0.5) is 4.79 Å². The molecule has 4 heterocycles. The van der Waals surface area contributed by atoms with Crippen LogP contribution in [-0.2, 0) is 16.4 Å². The fraction of sp³-hybridized carbons (Fsp3) is 0.312. The molecule has 2 atom stereocenters. The molecule has 2 aromatic carbocycles. The van der Waals surface area contributed by atoms with Gasteiger partial charge in [0.15, 0.2) is 10.7 Å². The highest BCUT2D eigenvalue weighted by Gasteiger charge is 2.37. The first-order valence-electron chi connectivity index (χ1n) is 14.7. The molecular formula is C32H34N6O5S. The maximum absolute atomic E-state index is 14.3. The molecule has 1 unspecified atom stereocenters. The number of rotatable bonds is 7. The van der Waals surface area contributed by atoms with Crippen molar-refractivity contribution in [3.05, 3.63) is 103 Å². The minimum Gasteiger partial charge on any atom is -0.465 e. The standard InChI is InChI=1S/C32H34N6O5S/c39-31(37-19-18-35(32(40)41)21-27(37)20-24-10-3-1-4-11-24)29-30(25-12-5-2-6-13-25)38(23-34-29)26-14-9-17-36(22-26)44(42,43)28-15-7-8-16-33-28/h1-8,10-13,15-16,23,26-27H,9,14,17-22H2,(H,40,41)/t26?,27-/m1/s1. The molecule has 0 aliphatic carbocycles. The van der Waals surface area contributed by atoms with Crippen molar-refractivity contribution in [2.75, 3.05) is 32.7 Å². The van der Waals surface area contributed by atoms with E-state index < -0.39 is 16.1 Å². The number of pyridine rings is 1. The maximum Gasteiger partial charge on any atom is 0.407 e. The number of amides is 2. The lowest BCUT2D eigenvalue weighted by molar-refractivity contribution is 0.0447. The van der Waals surface area contributed by atoms with Gasteiger partial charge in [-0.05, 0) is 37.0 Å². The van der Waals surface area contributed by atoms with Crippen LogP contribution in [0.1, 0.15) is 34.9 Å². The Bertz CT molecular complexity index is 1720. The van der Waals surface area contributed by atoms with Crippen molar-refractivity contribution in [3.8, 4) is 11.3 Å². The topological polar surface area (TPSA) is 129 Å². The summed E-state index contributed by atoms with van der Waals surface area (Å²) in [6, 6.07) is 23.4. The Hall–Kier alpha value is -4.55. The van der Waals surface area contributed by atoms with Crippen LogP contribution in [0.25, 0.3) is 11.3 Å². The molecule has 2 aromatic heterocycles. The summed E-state index contributed by atoms with van der Waals surface area (Å²) in [6.45, 7) is 1.24. The fourth-order valence-electron chi connectivity index (χ4n) is 6.17. The summed E-state index contributed by atoms with van der Waals surface area (Å²) in [4.78, 5) is 38.0. The molecule has 12 heteroatoms. The predicted molar refractivity (Wildman–Crippen MR) is 163 cm³/mol. The maximum atomic E-state index is 14.3. The summed E-state index contributed by atoms with van der Waals surface area (Å²) in [5.41, 5.74) is 2.69. The number of sulfonamides is 1. The van der Waals surface area contributed by atoms with E-state index in [0.717, 1.165) is 11.1 Å². The van der Waals surface area contributed by atoms with E-state index in [1.165, 1.54) is 21.5 Å². The first-order chi connectivity index (χ1) is 21.3.